The maximum Gasteiger partial charge on any atom is 0.246 e. The number of nitrogens with one attached hydrogen (secondary N) is 2. The van der Waals surface area contributed by atoms with Crippen molar-refractivity contribution in [3.8, 4) is 0 Å². The summed E-state index contributed by atoms with van der Waals surface area (Å²) in [6, 6.07) is 15.2. The number of hydrogen-bond donors (Lipinski definition) is 2. The lowest BCUT2D eigenvalue weighted by molar-refractivity contribution is -0.128. The van der Waals surface area contributed by atoms with Gasteiger partial charge in [-0.15, -0.1) is 0 Å². The lowest BCUT2D eigenvalue weighted by atomic mass is 10.2. The highest BCUT2D eigenvalue weighted by atomic mass is 19.1. The minimum atomic E-state index is -0.529. The van der Waals surface area contributed by atoms with Crippen molar-refractivity contribution in [2.75, 3.05) is 18.5 Å². The zero-order valence-corrected chi connectivity index (χ0v) is 12.4. The van der Waals surface area contributed by atoms with Gasteiger partial charge in [0, 0.05) is 0 Å². The number of ether oxygens (including phenoxy) is 1. The van der Waals surface area contributed by atoms with Crippen molar-refractivity contribution in [2.45, 2.75) is 6.61 Å². The minimum Gasteiger partial charge on any atom is -0.367 e. The van der Waals surface area contributed by atoms with Crippen molar-refractivity contribution in [3.05, 3.63) is 66.0 Å². The molecule has 0 fully saturated rings. The van der Waals surface area contributed by atoms with E-state index in [1.165, 1.54) is 18.2 Å². The number of rotatable bonds is 7. The molecule has 0 atom stereocenters. The molecular formula is C17H17FN2O3. The first-order valence-corrected chi connectivity index (χ1v) is 7.08. The fourth-order valence-electron chi connectivity index (χ4n) is 1.82. The number of carbonyl (C=O) groups is 2. The van der Waals surface area contributed by atoms with Crippen molar-refractivity contribution in [3.63, 3.8) is 0 Å². The Hall–Kier alpha value is -2.73. The van der Waals surface area contributed by atoms with E-state index in [1.54, 1.807) is 6.07 Å². The molecule has 0 heterocycles. The Kier molecular flexibility index (Phi) is 6.26. The van der Waals surface area contributed by atoms with E-state index in [4.69, 9.17) is 4.74 Å². The summed E-state index contributed by atoms with van der Waals surface area (Å²) in [6.07, 6.45) is 0. The molecule has 2 amide bonds. The van der Waals surface area contributed by atoms with E-state index in [9.17, 15) is 14.0 Å². The highest BCUT2D eigenvalue weighted by Gasteiger charge is 2.08. The molecule has 0 bridgehead atoms. The second-order valence-electron chi connectivity index (χ2n) is 4.78. The SMILES string of the molecule is O=C(COCc1ccccc1)NCC(=O)Nc1ccccc1F. The summed E-state index contributed by atoms with van der Waals surface area (Å²) in [5, 5.41) is 4.79. The Bertz CT molecular complexity index is 662. The minimum absolute atomic E-state index is 0.0760. The molecule has 0 spiro atoms. The van der Waals surface area contributed by atoms with Gasteiger partial charge in [-0.2, -0.15) is 0 Å². The van der Waals surface area contributed by atoms with E-state index in [2.05, 4.69) is 10.6 Å². The maximum absolute atomic E-state index is 13.4. The number of anilines is 1. The lowest BCUT2D eigenvalue weighted by Gasteiger charge is -2.08. The van der Waals surface area contributed by atoms with Crippen molar-refractivity contribution < 1.29 is 18.7 Å². The summed E-state index contributed by atoms with van der Waals surface area (Å²) in [4.78, 5) is 23.2. The molecule has 23 heavy (non-hydrogen) atoms. The molecule has 120 valence electrons. The van der Waals surface area contributed by atoms with Crippen molar-refractivity contribution in [1.82, 2.24) is 5.32 Å². The third-order valence-corrected chi connectivity index (χ3v) is 2.94. The number of hydrogen-bond acceptors (Lipinski definition) is 3. The van der Waals surface area contributed by atoms with Gasteiger partial charge in [0.15, 0.2) is 0 Å². The van der Waals surface area contributed by atoms with Gasteiger partial charge in [-0.25, -0.2) is 4.39 Å². The van der Waals surface area contributed by atoms with Gasteiger partial charge in [-0.3, -0.25) is 9.59 Å². The van der Waals surface area contributed by atoms with Crippen molar-refractivity contribution >= 4 is 17.5 Å². The number of carbonyl (C=O) groups excluding carboxylic acids is 2. The first kappa shape index (κ1) is 16.6. The van der Waals surface area contributed by atoms with E-state index in [1.807, 2.05) is 30.3 Å². The van der Waals surface area contributed by atoms with Crippen LogP contribution in [-0.2, 0) is 20.9 Å². The molecule has 2 aromatic carbocycles. The highest BCUT2D eigenvalue weighted by Crippen LogP contribution is 2.11. The Morgan fingerprint density at radius 2 is 1.65 bits per heavy atom. The third kappa shape index (κ3) is 5.88. The van der Waals surface area contributed by atoms with Crippen LogP contribution < -0.4 is 10.6 Å². The van der Waals surface area contributed by atoms with Crippen LogP contribution in [0.4, 0.5) is 10.1 Å². The summed E-state index contributed by atoms with van der Waals surface area (Å²) in [5.74, 6) is -1.45. The van der Waals surface area contributed by atoms with Gasteiger partial charge < -0.3 is 15.4 Å². The molecule has 0 aliphatic heterocycles. The number of para-hydroxylation sites is 1. The van der Waals surface area contributed by atoms with Crippen LogP contribution in [0.2, 0.25) is 0 Å². The largest absolute Gasteiger partial charge is 0.367 e. The Morgan fingerprint density at radius 1 is 0.957 bits per heavy atom. The van der Waals surface area contributed by atoms with Gasteiger partial charge >= 0.3 is 0 Å². The van der Waals surface area contributed by atoms with Crippen LogP contribution >= 0.6 is 0 Å². The van der Waals surface area contributed by atoms with Gasteiger partial charge in [0.2, 0.25) is 11.8 Å². The van der Waals surface area contributed by atoms with Crippen LogP contribution in [0.15, 0.2) is 54.6 Å². The van der Waals surface area contributed by atoms with Crippen LogP contribution in [0.25, 0.3) is 0 Å². The van der Waals surface area contributed by atoms with Crippen LogP contribution in [0, 0.1) is 5.82 Å². The number of benzene rings is 2. The van der Waals surface area contributed by atoms with E-state index >= 15 is 0 Å². The molecule has 0 saturated heterocycles. The molecule has 2 N–H and O–H groups in total. The summed E-state index contributed by atoms with van der Waals surface area (Å²) in [7, 11) is 0. The molecule has 0 aromatic heterocycles. The molecular weight excluding hydrogens is 299 g/mol. The van der Waals surface area contributed by atoms with Gasteiger partial charge in [0.05, 0.1) is 18.8 Å². The standard InChI is InChI=1S/C17H17FN2O3/c18-14-8-4-5-9-15(14)20-16(21)10-19-17(22)12-23-11-13-6-2-1-3-7-13/h1-9H,10-12H2,(H,19,22)(H,20,21). The number of amides is 2. The zero-order valence-electron chi connectivity index (χ0n) is 12.4. The topological polar surface area (TPSA) is 67.4 Å². The Balaban J connectivity index is 1.66. The summed E-state index contributed by atoms with van der Waals surface area (Å²) in [5.41, 5.74) is 1.03. The molecule has 0 radical (unpaired) electrons. The van der Waals surface area contributed by atoms with Gasteiger partial charge in [0.25, 0.3) is 0 Å². The average Bonchev–Trinajstić information content (AvgIpc) is 2.56. The molecule has 0 saturated carbocycles. The lowest BCUT2D eigenvalue weighted by Crippen LogP contribution is -2.35. The molecule has 0 unspecified atom stereocenters. The molecule has 6 heteroatoms. The predicted molar refractivity (Wildman–Crippen MR) is 84.1 cm³/mol. The number of halogens is 1. The molecule has 5 nitrogen and oxygen atoms in total. The van der Waals surface area contributed by atoms with Gasteiger partial charge in [0.1, 0.15) is 12.4 Å². The summed E-state index contributed by atoms with van der Waals surface area (Å²) < 4.78 is 18.6. The highest BCUT2D eigenvalue weighted by molar-refractivity contribution is 5.94. The quantitative estimate of drug-likeness (QED) is 0.822. The Labute approximate surface area is 133 Å². The van der Waals surface area contributed by atoms with Crippen molar-refractivity contribution in [2.24, 2.45) is 0 Å². The summed E-state index contributed by atoms with van der Waals surface area (Å²) in [6.45, 7) is -0.0839. The predicted octanol–water partition coefficient (Wildman–Crippen LogP) is 2.10. The zero-order chi connectivity index (χ0) is 16.5. The third-order valence-electron chi connectivity index (χ3n) is 2.94. The normalized spacial score (nSPS) is 10.1. The second-order valence-corrected chi connectivity index (χ2v) is 4.78. The van der Waals surface area contributed by atoms with E-state index in [0.717, 1.165) is 5.56 Å². The van der Waals surface area contributed by atoms with Crippen LogP contribution in [0.5, 0.6) is 0 Å². The van der Waals surface area contributed by atoms with Gasteiger partial charge in [-0.05, 0) is 17.7 Å². The Morgan fingerprint density at radius 3 is 2.39 bits per heavy atom. The maximum atomic E-state index is 13.4. The van der Waals surface area contributed by atoms with Crippen LogP contribution in [0.3, 0.4) is 0 Å². The van der Waals surface area contributed by atoms with E-state index in [0.29, 0.717) is 6.61 Å². The second kappa shape index (κ2) is 8.65. The average molecular weight is 316 g/mol. The fraction of sp³-hybridized carbons (Fsp3) is 0.176. The van der Waals surface area contributed by atoms with Crippen LogP contribution in [-0.4, -0.2) is 25.0 Å². The molecule has 2 aromatic rings. The molecule has 0 aliphatic carbocycles. The molecule has 0 aliphatic rings. The fourth-order valence-corrected chi connectivity index (χ4v) is 1.82. The monoisotopic (exact) mass is 316 g/mol. The van der Waals surface area contributed by atoms with Crippen LogP contribution in [0.1, 0.15) is 5.56 Å². The summed E-state index contributed by atoms with van der Waals surface area (Å²) >= 11 is 0. The van der Waals surface area contributed by atoms with Crippen molar-refractivity contribution in [1.29, 1.82) is 0 Å². The molecule has 2 rings (SSSR count). The first-order valence-electron chi connectivity index (χ1n) is 7.08. The van der Waals surface area contributed by atoms with Gasteiger partial charge in [-0.1, -0.05) is 42.5 Å². The van der Waals surface area contributed by atoms with E-state index < -0.39 is 17.6 Å². The first-order chi connectivity index (χ1) is 11.1. The smallest absolute Gasteiger partial charge is 0.246 e. The van der Waals surface area contributed by atoms with E-state index in [-0.39, 0.29) is 18.8 Å².